The zero-order chi connectivity index (χ0) is 15.1. The molecular weight excluding hydrogens is 309 g/mol. The van der Waals surface area contributed by atoms with E-state index < -0.39 is 32.6 Å². The highest BCUT2D eigenvalue weighted by molar-refractivity contribution is 7.89. The SMILES string of the molecule is CC1CN(S(=O)(=O)c2cccc(Cl)c2F)CC1C(=O)O. The summed E-state index contributed by atoms with van der Waals surface area (Å²) in [5.74, 6) is -3.18. The molecule has 0 saturated carbocycles. The van der Waals surface area contributed by atoms with Crippen molar-refractivity contribution in [3.05, 3.63) is 29.0 Å². The number of hydrogen-bond donors (Lipinski definition) is 1. The zero-order valence-corrected chi connectivity index (χ0v) is 12.2. The first kappa shape index (κ1) is 15.2. The Morgan fingerprint density at radius 2 is 2.10 bits per heavy atom. The van der Waals surface area contributed by atoms with Gasteiger partial charge < -0.3 is 5.11 Å². The van der Waals surface area contributed by atoms with Crippen LogP contribution in [0.3, 0.4) is 0 Å². The van der Waals surface area contributed by atoms with E-state index in [0.717, 1.165) is 10.4 Å². The fraction of sp³-hybridized carbons (Fsp3) is 0.417. The fourth-order valence-corrected chi connectivity index (χ4v) is 4.15. The van der Waals surface area contributed by atoms with E-state index >= 15 is 0 Å². The second-order valence-electron chi connectivity index (χ2n) is 4.80. The molecule has 1 saturated heterocycles. The largest absolute Gasteiger partial charge is 0.481 e. The van der Waals surface area contributed by atoms with Crippen LogP contribution in [0.5, 0.6) is 0 Å². The molecule has 1 heterocycles. The van der Waals surface area contributed by atoms with Gasteiger partial charge in [0.05, 0.1) is 10.9 Å². The first-order chi connectivity index (χ1) is 9.25. The van der Waals surface area contributed by atoms with Gasteiger partial charge in [-0.1, -0.05) is 24.6 Å². The van der Waals surface area contributed by atoms with Gasteiger partial charge in [-0.25, -0.2) is 12.8 Å². The third-order valence-electron chi connectivity index (χ3n) is 3.43. The molecule has 0 bridgehead atoms. The molecule has 1 N–H and O–H groups in total. The van der Waals surface area contributed by atoms with Crippen LogP contribution in [-0.2, 0) is 14.8 Å². The van der Waals surface area contributed by atoms with Crippen molar-refractivity contribution < 1.29 is 22.7 Å². The maximum atomic E-state index is 13.8. The van der Waals surface area contributed by atoms with Gasteiger partial charge in [0.15, 0.2) is 5.82 Å². The average molecular weight is 322 g/mol. The summed E-state index contributed by atoms with van der Waals surface area (Å²) < 4.78 is 39.6. The van der Waals surface area contributed by atoms with Crippen LogP contribution in [0.4, 0.5) is 4.39 Å². The summed E-state index contributed by atoms with van der Waals surface area (Å²) in [4.78, 5) is 10.5. The molecule has 8 heteroatoms. The highest BCUT2D eigenvalue weighted by Gasteiger charge is 2.41. The van der Waals surface area contributed by atoms with Gasteiger partial charge in [0.2, 0.25) is 10.0 Å². The van der Waals surface area contributed by atoms with Crippen LogP contribution >= 0.6 is 11.6 Å². The number of carboxylic acid groups (broad SMARTS) is 1. The van der Waals surface area contributed by atoms with Crippen LogP contribution in [-0.4, -0.2) is 36.9 Å². The van der Waals surface area contributed by atoms with Crippen LogP contribution < -0.4 is 0 Å². The maximum Gasteiger partial charge on any atom is 0.308 e. The number of carbonyl (C=O) groups is 1. The predicted octanol–water partition coefficient (Wildman–Crippen LogP) is 1.82. The normalized spacial score (nSPS) is 23.9. The minimum Gasteiger partial charge on any atom is -0.481 e. The van der Waals surface area contributed by atoms with Crippen molar-refractivity contribution >= 4 is 27.6 Å². The molecule has 2 rings (SSSR count). The lowest BCUT2D eigenvalue weighted by molar-refractivity contribution is -0.142. The number of benzene rings is 1. The van der Waals surface area contributed by atoms with Gasteiger partial charge in [0.25, 0.3) is 0 Å². The van der Waals surface area contributed by atoms with E-state index in [0.29, 0.717) is 0 Å². The number of nitrogens with zero attached hydrogens (tertiary/aromatic N) is 1. The Hall–Kier alpha value is -1.18. The van der Waals surface area contributed by atoms with Gasteiger partial charge in [0, 0.05) is 13.1 Å². The van der Waals surface area contributed by atoms with Crippen molar-refractivity contribution in [2.75, 3.05) is 13.1 Å². The summed E-state index contributed by atoms with van der Waals surface area (Å²) in [5, 5.41) is 8.74. The van der Waals surface area contributed by atoms with Gasteiger partial charge in [-0.15, -0.1) is 0 Å². The molecule has 0 aromatic heterocycles. The predicted molar refractivity (Wildman–Crippen MR) is 70.5 cm³/mol. The summed E-state index contributed by atoms with van der Waals surface area (Å²) in [6.45, 7) is 1.54. The molecule has 5 nitrogen and oxygen atoms in total. The molecule has 110 valence electrons. The Morgan fingerprint density at radius 3 is 2.65 bits per heavy atom. The number of halogens is 2. The van der Waals surface area contributed by atoms with E-state index in [-0.39, 0.29) is 24.0 Å². The first-order valence-electron chi connectivity index (χ1n) is 5.92. The molecule has 0 amide bonds. The average Bonchev–Trinajstić information content (AvgIpc) is 2.75. The molecule has 20 heavy (non-hydrogen) atoms. The van der Waals surface area contributed by atoms with Crippen LogP contribution in [0.15, 0.2) is 23.1 Å². The van der Waals surface area contributed by atoms with E-state index in [9.17, 15) is 17.6 Å². The van der Waals surface area contributed by atoms with Crippen LogP contribution in [0, 0.1) is 17.7 Å². The Labute approximate surface area is 121 Å². The number of rotatable bonds is 3. The summed E-state index contributed by atoms with van der Waals surface area (Å²) in [5.41, 5.74) is 0. The molecule has 1 aromatic rings. The Morgan fingerprint density at radius 1 is 1.45 bits per heavy atom. The number of hydrogen-bond acceptors (Lipinski definition) is 3. The summed E-state index contributed by atoms with van der Waals surface area (Å²) in [7, 11) is -4.08. The lowest BCUT2D eigenvalue weighted by Crippen LogP contribution is -2.30. The molecule has 2 unspecified atom stereocenters. The molecule has 0 spiro atoms. The molecule has 0 aliphatic carbocycles. The van der Waals surface area contributed by atoms with Crippen molar-refractivity contribution in [1.82, 2.24) is 4.31 Å². The third-order valence-corrected chi connectivity index (χ3v) is 5.57. The van der Waals surface area contributed by atoms with Crippen LogP contribution in [0.1, 0.15) is 6.92 Å². The highest BCUT2D eigenvalue weighted by atomic mass is 35.5. The number of aliphatic carboxylic acids is 1. The zero-order valence-electron chi connectivity index (χ0n) is 10.6. The van der Waals surface area contributed by atoms with Gasteiger partial charge in [-0.05, 0) is 18.1 Å². The minimum absolute atomic E-state index is 0.0469. The molecule has 1 aliphatic rings. The van der Waals surface area contributed by atoms with E-state index in [2.05, 4.69) is 0 Å². The molecule has 0 radical (unpaired) electrons. The van der Waals surface area contributed by atoms with Crippen molar-refractivity contribution in [1.29, 1.82) is 0 Å². The Kier molecular flexibility index (Phi) is 4.04. The molecule has 2 atom stereocenters. The summed E-state index contributed by atoms with van der Waals surface area (Å²) in [6.07, 6.45) is 0. The monoisotopic (exact) mass is 321 g/mol. The molecule has 1 aliphatic heterocycles. The minimum atomic E-state index is -4.08. The lowest BCUT2D eigenvalue weighted by atomic mass is 9.99. The Bertz CT molecular complexity index is 649. The van der Waals surface area contributed by atoms with Crippen molar-refractivity contribution in [2.24, 2.45) is 11.8 Å². The first-order valence-corrected chi connectivity index (χ1v) is 7.74. The second-order valence-corrected chi connectivity index (χ2v) is 7.11. The van der Waals surface area contributed by atoms with E-state index in [1.807, 2.05) is 0 Å². The number of carboxylic acids is 1. The standard InChI is InChI=1S/C12H13ClFNO4S/c1-7-5-15(6-8(7)12(16)17)20(18,19)10-4-2-3-9(13)11(10)14/h2-4,7-8H,5-6H2,1H3,(H,16,17). The van der Waals surface area contributed by atoms with E-state index in [1.54, 1.807) is 6.92 Å². The topological polar surface area (TPSA) is 74.7 Å². The smallest absolute Gasteiger partial charge is 0.308 e. The van der Waals surface area contributed by atoms with Crippen LogP contribution in [0.2, 0.25) is 5.02 Å². The van der Waals surface area contributed by atoms with Crippen molar-refractivity contribution in [2.45, 2.75) is 11.8 Å². The van der Waals surface area contributed by atoms with Crippen molar-refractivity contribution in [3.63, 3.8) is 0 Å². The maximum absolute atomic E-state index is 13.8. The number of sulfonamides is 1. The van der Waals surface area contributed by atoms with Gasteiger partial charge >= 0.3 is 5.97 Å². The quantitative estimate of drug-likeness (QED) is 0.921. The Balaban J connectivity index is 2.38. The second kappa shape index (κ2) is 5.31. The van der Waals surface area contributed by atoms with E-state index in [1.165, 1.54) is 12.1 Å². The van der Waals surface area contributed by atoms with E-state index in [4.69, 9.17) is 16.7 Å². The van der Waals surface area contributed by atoms with Gasteiger partial charge in [-0.3, -0.25) is 4.79 Å². The summed E-state index contributed by atoms with van der Waals surface area (Å²) in [6, 6.07) is 3.71. The molecular formula is C12H13ClFNO4S. The summed E-state index contributed by atoms with van der Waals surface area (Å²) >= 11 is 5.58. The van der Waals surface area contributed by atoms with Gasteiger partial charge in [-0.2, -0.15) is 4.31 Å². The van der Waals surface area contributed by atoms with Crippen molar-refractivity contribution in [3.8, 4) is 0 Å². The lowest BCUT2D eigenvalue weighted by Gasteiger charge is -2.16. The highest BCUT2D eigenvalue weighted by Crippen LogP contribution is 2.31. The van der Waals surface area contributed by atoms with Crippen LogP contribution in [0.25, 0.3) is 0 Å². The molecule has 1 aromatic carbocycles. The molecule has 1 fully saturated rings. The third kappa shape index (κ3) is 2.53. The van der Waals surface area contributed by atoms with Gasteiger partial charge in [0.1, 0.15) is 4.90 Å². The fourth-order valence-electron chi connectivity index (χ4n) is 2.26.